The highest BCUT2D eigenvalue weighted by Gasteiger charge is 2.05. The molecule has 0 saturated heterocycles. The Labute approximate surface area is 109 Å². The molecule has 0 aliphatic rings. The standard InChI is InChI=1S/C14H24FN3/c1-17(2)7-4-8-18(3)11-12-5-6-14(15)13(9-12)10-16/h5-6,9H,4,7-8,10-11,16H2,1-3H3. The van der Waals surface area contributed by atoms with E-state index in [4.69, 9.17) is 5.73 Å². The van der Waals surface area contributed by atoms with Gasteiger partial charge in [-0.1, -0.05) is 12.1 Å². The number of benzene rings is 1. The highest BCUT2D eigenvalue weighted by atomic mass is 19.1. The Kier molecular flexibility index (Phi) is 6.25. The molecule has 0 bridgehead atoms. The summed E-state index contributed by atoms with van der Waals surface area (Å²) in [5.41, 5.74) is 7.21. The van der Waals surface area contributed by atoms with Crippen molar-refractivity contribution in [2.24, 2.45) is 5.73 Å². The molecule has 0 amide bonds. The van der Waals surface area contributed by atoms with Gasteiger partial charge in [-0.2, -0.15) is 0 Å². The fraction of sp³-hybridized carbons (Fsp3) is 0.571. The third-order valence-electron chi connectivity index (χ3n) is 2.93. The molecule has 1 aromatic carbocycles. The van der Waals surface area contributed by atoms with E-state index in [1.807, 2.05) is 12.1 Å². The molecule has 0 saturated carbocycles. The summed E-state index contributed by atoms with van der Waals surface area (Å²) in [7, 11) is 6.24. The summed E-state index contributed by atoms with van der Waals surface area (Å²) in [6.07, 6.45) is 1.13. The van der Waals surface area contributed by atoms with Crippen molar-refractivity contribution >= 4 is 0 Å². The zero-order valence-electron chi connectivity index (χ0n) is 11.6. The van der Waals surface area contributed by atoms with E-state index in [-0.39, 0.29) is 12.4 Å². The van der Waals surface area contributed by atoms with Gasteiger partial charge in [0.05, 0.1) is 0 Å². The smallest absolute Gasteiger partial charge is 0.127 e. The van der Waals surface area contributed by atoms with Crippen molar-refractivity contribution in [3.63, 3.8) is 0 Å². The molecule has 102 valence electrons. The van der Waals surface area contributed by atoms with Crippen LogP contribution in [-0.2, 0) is 13.1 Å². The first-order valence-corrected chi connectivity index (χ1v) is 6.33. The Morgan fingerprint density at radius 1 is 1.17 bits per heavy atom. The Balaban J connectivity index is 2.46. The highest BCUT2D eigenvalue weighted by molar-refractivity contribution is 5.24. The molecule has 0 radical (unpaired) electrons. The summed E-state index contributed by atoms with van der Waals surface area (Å²) in [4.78, 5) is 4.43. The van der Waals surface area contributed by atoms with E-state index in [0.717, 1.165) is 31.6 Å². The van der Waals surface area contributed by atoms with Crippen molar-refractivity contribution in [3.8, 4) is 0 Å². The van der Waals surface area contributed by atoms with Gasteiger partial charge in [-0.25, -0.2) is 4.39 Å². The van der Waals surface area contributed by atoms with Gasteiger partial charge in [-0.3, -0.25) is 0 Å². The zero-order chi connectivity index (χ0) is 13.5. The summed E-state index contributed by atoms with van der Waals surface area (Å²) < 4.78 is 13.3. The topological polar surface area (TPSA) is 32.5 Å². The Hall–Kier alpha value is -0.970. The van der Waals surface area contributed by atoms with Crippen molar-refractivity contribution in [1.82, 2.24) is 9.80 Å². The van der Waals surface area contributed by atoms with E-state index in [1.165, 1.54) is 6.07 Å². The van der Waals surface area contributed by atoms with E-state index in [9.17, 15) is 4.39 Å². The first-order valence-electron chi connectivity index (χ1n) is 6.33. The fourth-order valence-corrected chi connectivity index (χ4v) is 1.93. The van der Waals surface area contributed by atoms with Crippen LogP contribution in [-0.4, -0.2) is 44.0 Å². The van der Waals surface area contributed by atoms with E-state index < -0.39 is 0 Å². The normalized spacial score (nSPS) is 11.5. The highest BCUT2D eigenvalue weighted by Crippen LogP contribution is 2.11. The lowest BCUT2D eigenvalue weighted by atomic mass is 10.1. The molecule has 0 spiro atoms. The van der Waals surface area contributed by atoms with Crippen LogP contribution in [0.3, 0.4) is 0 Å². The molecule has 0 atom stereocenters. The molecule has 18 heavy (non-hydrogen) atoms. The van der Waals surface area contributed by atoms with Crippen LogP contribution in [0.15, 0.2) is 18.2 Å². The molecule has 0 heterocycles. The SMILES string of the molecule is CN(C)CCCN(C)Cc1ccc(F)c(CN)c1. The lowest BCUT2D eigenvalue weighted by Crippen LogP contribution is -2.23. The van der Waals surface area contributed by atoms with E-state index in [0.29, 0.717) is 5.56 Å². The van der Waals surface area contributed by atoms with Crippen LogP contribution < -0.4 is 5.73 Å². The van der Waals surface area contributed by atoms with Gasteiger partial charge in [0.15, 0.2) is 0 Å². The van der Waals surface area contributed by atoms with Crippen LogP contribution in [0, 0.1) is 5.82 Å². The van der Waals surface area contributed by atoms with Crippen molar-refractivity contribution in [1.29, 1.82) is 0 Å². The second-order valence-electron chi connectivity index (χ2n) is 5.02. The molecule has 2 N–H and O–H groups in total. The van der Waals surface area contributed by atoms with Gasteiger partial charge in [0.1, 0.15) is 5.82 Å². The summed E-state index contributed by atoms with van der Waals surface area (Å²) in [5, 5.41) is 0. The average molecular weight is 253 g/mol. The van der Waals surface area contributed by atoms with Crippen molar-refractivity contribution in [2.75, 3.05) is 34.2 Å². The number of nitrogens with zero attached hydrogens (tertiary/aromatic N) is 2. The van der Waals surface area contributed by atoms with Crippen molar-refractivity contribution in [3.05, 3.63) is 35.1 Å². The number of hydrogen-bond donors (Lipinski definition) is 1. The van der Waals surface area contributed by atoms with Gasteiger partial charge in [0, 0.05) is 18.7 Å². The Morgan fingerprint density at radius 3 is 2.50 bits per heavy atom. The summed E-state index contributed by atoms with van der Waals surface area (Å²) in [6.45, 7) is 3.21. The van der Waals surface area contributed by atoms with Crippen LogP contribution >= 0.6 is 0 Å². The maximum absolute atomic E-state index is 13.3. The maximum atomic E-state index is 13.3. The molecule has 0 fully saturated rings. The van der Waals surface area contributed by atoms with Crippen LogP contribution in [0.25, 0.3) is 0 Å². The van der Waals surface area contributed by atoms with Crippen LogP contribution in [0.4, 0.5) is 4.39 Å². The first-order chi connectivity index (χ1) is 8.52. The van der Waals surface area contributed by atoms with Gasteiger partial charge >= 0.3 is 0 Å². The molecule has 0 aliphatic heterocycles. The van der Waals surface area contributed by atoms with Crippen LogP contribution in [0.5, 0.6) is 0 Å². The van der Waals surface area contributed by atoms with Gasteiger partial charge < -0.3 is 15.5 Å². The van der Waals surface area contributed by atoms with Gasteiger partial charge in [0.25, 0.3) is 0 Å². The molecular weight excluding hydrogens is 229 g/mol. The molecule has 4 heteroatoms. The van der Waals surface area contributed by atoms with Crippen LogP contribution in [0.2, 0.25) is 0 Å². The number of hydrogen-bond acceptors (Lipinski definition) is 3. The third kappa shape index (κ3) is 5.12. The Morgan fingerprint density at radius 2 is 1.89 bits per heavy atom. The minimum atomic E-state index is -0.212. The summed E-state index contributed by atoms with van der Waals surface area (Å²) >= 11 is 0. The Bertz CT molecular complexity index is 366. The first kappa shape index (κ1) is 15.1. The van der Waals surface area contributed by atoms with E-state index >= 15 is 0 Å². The van der Waals surface area contributed by atoms with Crippen molar-refractivity contribution < 1.29 is 4.39 Å². The largest absolute Gasteiger partial charge is 0.326 e. The van der Waals surface area contributed by atoms with E-state index in [2.05, 4.69) is 30.9 Å². The number of halogens is 1. The minimum absolute atomic E-state index is 0.212. The van der Waals surface area contributed by atoms with Gasteiger partial charge in [-0.05, 0) is 52.3 Å². The van der Waals surface area contributed by atoms with Gasteiger partial charge in [-0.15, -0.1) is 0 Å². The monoisotopic (exact) mass is 253 g/mol. The number of rotatable bonds is 7. The molecule has 1 aromatic rings. The minimum Gasteiger partial charge on any atom is -0.326 e. The maximum Gasteiger partial charge on any atom is 0.127 e. The molecule has 3 nitrogen and oxygen atoms in total. The summed E-state index contributed by atoms with van der Waals surface area (Å²) in [6, 6.07) is 5.19. The quantitative estimate of drug-likeness (QED) is 0.802. The molecule has 0 aromatic heterocycles. The molecule has 0 unspecified atom stereocenters. The lowest BCUT2D eigenvalue weighted by Gasteiger charge is -2.18. The van der Waals surface area contributed by atoms with Crippen molar-refractivity contribution in [2.45, 2.75) is 19.5 Å². The third-order valence-corrected chi connectivity index (χ3v) is 2.93. The summed E-state index contributed by atoms with van der Waals surface area (Å²) in [5.74, 6) is -0.212. The van der Waals surface area contributed by atoms with Crippen LogP contribution in [0.1, 0.15) is 17.5 Å². The molecular formula is C14H24FN3. The lowest BCUT2D eigenvalue weighted by molar-refractivity contribution is 0.294. The average Bonchev–Trinajstić information content (AvgIpc) is 2.31. The number of nitrogens with two attached hydrogens (primary N) is 1. The molecule has 1 rings (SSSR count). The predicted octanol–water partition coefficient (Wildman–Crippen LogP) is 1.67. The predicted molar refractivity (Wildman–Crippen MR) is 73.8 cm³/mol. The fourth-order valence-electron chi connectivity index (χ4n) is 1.93. The second-order valence-corrected chi connectivity index (χ2v) is 5.02. The molecule has 0 aliphatic carbocycles. The van der Waals surface area contributed by atoms with Gasteiger partial charge in [0.2, 0.25) is 0 Å². The second kappa shape index (κ2) is 7.46. The van der Waals surface area contributed by atoms with E-state index in [1.54, 1.807) is 0 Å². The zero-order valence-corrected chi connectivity index (χ0v) is 11.6.